The number of rotatable bonds is 3. The number of hydrogen-bond acceptors (Lipinski definition) is 8. The number of anilines is 1. The van der Waals surface area contributed by atoms with Crippen LogP contribution in [-0.2, 0) is 4.79 Å². The standard InChI is InChI=1S/C22H17N6O4/c1-12-7-15(25-32-12)20(29)17-9-26-10-18-21(30)27(22(31)28(17,18)11-26)16-5-4-13(8-23)19-14(16)3-2-6-24-19/h2-7,17-18H,9-11H2,1H3/q+1. The number of aryl methyl sites for hydroxylation is 1. The van der Waals surface area contributed by atoms with Crippen molar-refractivity contribution in [1.82, 2.24) is 15.0 Å². The van der Waals surface area contributed by atoms with Crippen molar-refractivity contribution < 1.29 is 23.4 Å². The molecule has 158 valence electrons. The van der Waals surface area contributed by atoms with Crippen LogP contribution in [-0.4, -0.2) is 69.1 Å². The summed E-state index contributed by atoms with van der Waals surface area (Å²) in [5, 5.41) is 13.8. The number of urea groups is 1. The van der Waals surface area contributed by atoms with Crippen molar-refractivity contribution in [3.05, 3.63) is 53.5 Å². The Hall–Kier alpha value is -3.94. The molecule has 3 aliphatic rings. The Morgan fingerprint density at radius 1 is 1.28 bits per heavy atom. The molecule has 6 rings (SSSR count). The van der Waals surface area contributed by atoms with E-state index in [0.29, 0.717) is 47.7 Å². The topological polar surface area (TPSA) is 120 Å². The molecular weight excluding hydrogens is 412 g/mol. The molecule has 1 spiro atoms. The van der Waals surface area contributed by atoms with Crippen molar-refractivity contribution in [3.8, 4) is 6.07 Å². The van der Waals surface area contributed by atoms with Gasteiger partial charge in [0.1, 0.15) is 18.5 Å². The van der Waals surface area contributed by atoms with Gasteiger partial charge in [0.15, 0.2) is 17.8 Å². The van der Waals surface area contributed by atoms with Crippen LogP contribution in [0, 0.1) is 18.3 Å². The second-order valence-electron chi connectivity index (χ2n) is 8.43. The van der Waals surface area contributed by atoms with Crippen LogP contribution in [0.2, 0.25) is 0 Å². The molecule has 3 aliphatic heterocycles. The van der Waals surface area contributed by atoms with Crippen molar-refractivity contribution in [3.63, 3.8) is 0 Å². The van der Waals surface area contributed by atoms with Crippen LogP contribution in [0.5, 0.6) is 0 Å². The number of piperazine rings is 1. The third-order valence-electron chi connectivity index (χ3n) is 6.75. The largest absolute Gasteiger partial charge is 0.433 e. The second-order valence-corrected chi connectivity index (χ2v) is 8.43. The van der Waals surface area contributed by atoms with Gasteiger partial charge in [0.25, 0.3) is 5.91 Å². The molecule has 0 saturated carbocycles. The minimum absolute atomic E-state index is 0.166. The first-order valence-electron chi connectivity index (χ1n) is 10.2. The van der Waals surface area contributed by atoms with Crippen molar-refractivity contribution in [2.75, 3.05) is 24.7 Å². The Morgan fingerprint density at radius 3 is 2.88 bits per heavy atom. The first kappa shape index (κ1) is 18.8. The zero-order valence-corrected chi connectivity index (χ0v) is 17.1. The SMILES string of the molecule is Cc1cc(C(=O)C2CN3CC4C(=O)N(c5ccc(C#N)c6ncccc56)C(=O)[N+]24C3)no1. The van der Waals surface area contributed by atoms with Crippen LogP contribution in [0.15, 0.2) is 41.1 Å². The van der Waals surface area contributed by atoms with Crippen LogP contribution in [0.25, 0.3) is 10.9 Å². The molecule has 0 radical (unpaired) electrons. The van der Waals surface area contributed by atoms with Crippen LogP contribution < -0.4 is 4.90 Å². The molecule has 0 aliphatic carbocycles. The Labute approximate surface area is 181 Å². The molecule has 1 aromatic carbocycles. The number of imide groups is 1. The third-order valence-corrected chi connectivity index (χ3v) is 6.75. The maximum Gasteiger partial charge on any atom is 0.433 e. The van der Waals surface area contributed by atoms with Gasteiger partial charge in [-0.2, -0.15) is 10.2 Å². The maximum atomic E-state index is 13.9. The predicted octanol–water partition coefficient (Wildman–Crippen LogP) is 1.59. The number of nitrogens with zero attached hydrogens (tertiary/aromatic N) is 6. The number of carbonyl (C=O) groups is 3. The van der Waals surface area contributed by atoms with Gasteiger partial charge in [-0.05, 0) is 31.2 Å². The summed E-state index contributed by atoms with van der Waals surface area (Å²) in [6, 6.07) is 8.41. The highest BCUT2D eigenvalue weighted by Crippen LogP contribution is 2.45. The highest BCUT2D eigenvalue weighted by atomic mass is 16.5. The first-order chi connectivity index (χ1) is 15.5. The zero-order chi connectivity index (χ0) is 22.2. The highest BCUT2D eigenvalue weighted by molar-refractivity contribution is 6.22. The summed E-state index contributed by atoms with van der Waals surface area (Å²) >= 11 is 0. The van der Waals surface area contributed by atoms with Crippen LogP contribution in [0.4, 0.5) is 10.5 Å². The molecule has 3 fully saturated rings. The summed E-state index contributed by atoms with van der Waals surface area (Å²) < 4.78 is 4.80. The number of carbonyl (C=O) groups excluding carboxylic acids is 3. The van der Waals surface area contributed by atoms with E-state index in [1.165, 1.54) is 4.90 Å². The fraction of sp³-hybridized carbons (Fsp3) is 0.273. The zero-order valence-electron chi connectivity index (χ0n) is 17.1. The van der Waals surface area contributed by atoms with Crippen LogP contribution in [0.1, 0.15) is 21.8 Å². The molecule has 2 bridgehead atoms. The molecule has 4 unspecified atom stereocenters. The molecule has 4 atom stereocenters. The van der Waals surface area contributed by atoms with Crippen molar-refractivity contribution in [1.29, 1.82) is 5.26 Å². The fourth-order valence-corrected chi connectivity index (χ4v) is 5.36. The summed E-state index contributed by atoms with van der Waals surface area (Å²) in [4.78, 5) is 48.1. The first-order valence-corrected chi connectivity index (χ1v) is 10.2. The summed E-state index contributed by atoms with van der Waals surface area (Å²) in [6.07, 6.45) is 1.56. The highest BCUT2D eigenvalue weighted by Gasteiger charge is 2.73. The number of nitriles is 1. The predicted molar refractivity (Wildman–Crippen MR) is 109 cm³/mol. The van der Waals surface area contributed by atoms with Gasteiger partial charge in [-0.3, -0.25) is 14.6 Å². The normalized spacial score (nSPS) is 28.4. The lowest BCUT2D eigenvalue weighted by Gasteiger charge is -2.32. The van der Waals surface area contributed by atoms with E-state index in [-0.39, 0.29) is 21.9 Å². The van der Waals surface area contributed by atoms with Gasteiger partial charge in [-0.1, -0.05) is 5.16 Å². The van der Waals surface area contributed by atoms with Gasteiger partial charge in [0.2, 0.25) is 5.78 Å². The fourth-order valence-electron chi connectivity index (χ4n) is 5.36. The number of quaternary nitrogens is 1. The Kier molecular flexibility index (Phi) is 3.69. The van der Waals surface area contributed by atoms with Gasteiger partial charge < -0.3 is 4.52 Å². The molecular formula is C22H17N6O4+. The number of pyridine rings is 1. The molecule has 10 nitrogen and oxygen atoms in total. The lowest BCUT2D eigenvalue weighted by Crippen LogP contribution is -2.62. The molecule has 3 aromatic rings. The Balaban J connectivity index is 1.47. The van der Waals surface area contributed by atoms with Crippen molar-refractivity contribution in [2.24, 2.45) is 0 Å². The Bertz CT molecular complexity index is 1390. The number of amides is 3. The van der Waals surface area contributed by atoms with Gasteiger partial charge >= 0.3 is 6.03 Å². The summed E-state index contributed by atoms with van der Waals surface area (Å²) in [5.74, 6) is -0.144. The Morgan fingerprint density at radius 2 is 2.12 bits per heavy atom. The molecule has 0 N–H and O–H groups in total. The molecule has 32 heavy (non-hydrogen) atoms. The van der Waals surface area contributed by atoms with E-state index in [1.807, 2.05) is 4.90 Å². The quantitative estimate of drug-likeness (QED) is 0.350. The van der Waals surface area contributed by atoms with Gasteiger partial charge in [-0.15, -0.1) is 0 Å². The summed E-state index contributed by atoms with van der Waals surface area (Å²) in [7, 11) is 0. The average molecular weight is 429 g/mol. The van der Waals surface area contributed by atoms with E-state index in [9.17, 15) is 19.6 Å². The van der Waals surface area contributed by atoms with E-state index in [4.69, 9.17) is 4.52 Å². The monoisotopic (exact) mass is 429 g/mol. The molecule has 3 amide bonds. The summed E-state index contributed by atoms with van der Waals surface area (Å²) in [6.45, 7) is 2.78. The van der Waals surface area contributed by atoms with Gasteiger partial charge in [0, 0.05) is 17.6 Å². The van der Waals surface area contributed by atoms with Crippen LogP contribution >= 0.6 is 0 Å². The van der Waals surface area contributed by atoms with E-state index in [0.717, 1.165) is 0 Å². The number of Topliss-reactive ketones (excluding diaryl/α,β-unsaturated/α-hetero) is 1. The number of hydrogen-bond donors (Lipinski definition) is 0. The molecule has 3 saturated heterocycles. The molecule has 2 aromatic heterocycles. The number of fused-ring (bicyclic) bond motifs is 2. The third kappa shape index (κ3) is 2.21. The number of aromatic nitrogens is 2. The molecule has 5 heterocycles. The lowest BCUT2D eigenvalue weighted by molar-refractivity contribution is -0.852. The summed E-state index contributed by atoms with van der Waals surface area (Å²) in [5.41, 5.74) is 1.33. The maximum absolute atomic E-state index is 13.9. The average Bonchev–Trinajstić information content (AvgIpc) is 3.55. The second kappa shape index (κ2) is 6.29. The van der Waals surface area contributed by atoms with E-state index < -0.39 is 18.1 Å². The van der Waals surface area contributed by atoms with Crippen LogP contribution in [0.3, 0.4) is 0 Å². The van der Waals surface area contributed by atoms with Gasteiger partial charge in [-0.25, -0.2) is 14.2 Å². The van der Waals surface area contributed by atoms with Crippen molar-refractivity contribution >= 4 is 34.3 Å². The molecule has 10 heteroatoms. The van der Waals surface area contributed by atoms with E-state index in [1.54, 1.807) is 43.5 Å². The minimum Gasteiger partial charge on any atom is -0.361 e. The van der Waals surface area contributed by atoms with E-state index >= 15 is 0 Å². The van der Waals surface area contributed by atoms with E-state index in [2.05, 4.69) is 16.2 Å². The number of benzene rings is 1. The lowest BCUT2D eigenvalue weighted by atomic mass is 10.0. The van der Waals surface area contributed by atoms with Crippen molar-refractivity contribution in [2.45, 2.75) is 19.0 Å². The number of ketones is 1. The van der Waals surface area contributed by atoms with Gasteiger partial charge in [0.05, 0.1) is 29.9 Å². The smallest absolute Gasteiger partial charge is 0.361 e. The minimum atomic E-state index is -0.734.